The molecular formula is C19H17NO3S. The van der Waals surface area contributed by atoms with Crippen LogP contribution < -0.4 is 4.74 Å². The van der Waals surface area contributed by atoms with Crippen molar-refractivity contribution < 1.29 is 14.6 Å². The van der Waals surface area contributed by atoms with E-state index < -0.39 is 5.97 Å². The maximum atomic E-state index is 10.7. The van der Waals surface area contributed by atoms with Crippen molar-refractivity contribution in [2.24, 2.45) is 0 Å². The van der Waals surface area contributed by atoms with Gasteiger partial charge in [-0.05, 0) is 29.8 Å². The van der Waals surface area contributed by atoms with E-state index in [9.17, 15) is 4.79 Å². The first kappa shape index (κ1) is 16.2. The Morgan fingerprint density at radius 3 is 2.54 bits per heavy atom. The summed E-state index contributed by atoms with van der Waals surface area (Å²) in [6.07, 6.45) is 0.824. The summed E-state index contributed by atoms with van der Waals surface area (Å²) in [5, 5.41) is 11.4. The van der Waals surface area contributed by atoms with Gasteiger partial charge in [0.15, 0.2) is 0 Å². The van der Waals surface area contributed by atoms with Crippen LogP contribution in [-0.4, -0.2) is 22.7 Å². The number of ether oxygens (including phenoxy) is 1. The monoisotopic (exact) mass is 339 g/mol. The minimum absolute atomic E-state index is 0.0445. The topological polar surface area (TPSA) is 59.4 Å². The maximum absolute atomic E-state index is 10.7. The van der Waals surface area contributed by atoms with Crippen LogP contribution in [0.2, 0.25) is 0 Å². The van der Waals surface area contributed by atoms with Crippen LogP contribution in [0.1, 0.15) is 11.3 Å². The van der Waals surface area contributed by atoms with Gasteiger partial charge in [-0.2, -0.15) is 0 Å². The molecule has 4 nitrogen and oxygen atoms in total. The predicted molar refractivity (Wildman–Crippen MR) is 94.5 cm³/mol. The van der Waals surface area contributed by atoms with Crippen LogP contribution >= 0.6 is 11.3 Å². The van der Waals surface area contributed by atoms with Crippen LogP contribution in [0.15, 0.2) is 60.0 Å². The highest BCUT2D eigenvalue weighted by Gasteiger charge is 2.08. The normalized spacial score (nSPS) is 10.5. The number of carboxylic acids is 1. The van der Waals surface area contributed by atoms with E-state index in [0.29, 0.717) is 12.3 Å². The third-order valence-electron chi connectivity index (χ3n) is 3.49. The highest BCUT2D eigenvalue weighted by molar-refractivity contribution is 7.13. The zero-order chi connectivity index (χ0) is 16.8. The second-order valence-corrected chi connectivity index (χ2v) is 6.18. The maximum Gasteiger partial charge on any atom is 0.309 e. The van der Waals surface area contributed by atoms with E-state index in [1.807, 2.05) is 42.5 Å². The summed E-state index contributed by atoms with van der Waals surface area (Å²) in [6.45, 7) is 0.628. The van der Waals surface area contributed by atoms with Crippen LogP contribution in [0.3, 0.4) is 0 Å². The van der Waals surface area contributed by atoms with Crippen molar-refractivity contribution in [3.05, 3.63) is 71.2 Å². The molecule has 0 spiro atoms. The fourth-order valence-electron chi connectivity index (χ4n) is 2.30. The minimum Gasteiger partial charge on any atom is -0.493 e. The molecule has 122 valence electrons. The van der Waals surface area contributed by atoms with Crippen molar-refractivity contribution in [3.63, 3.8) is 0 Å². The number of thiazole rings is 1. The number of aromatic nitrogens is 1. The lowest BCUT2D eigenvalue weighted by atomic mass is 10.2. The van der Waals surface area contributed by atoms with Gasteiger partial charge in [0, 0.05) is 17.4 Å². The van der Waals surface area contributed by atoms with E-state index in [1.165, 1.54) is 16.9 Å². The van der Waals surface area contributed by atoms with Gasteiger partial charge in [-0.1, -0.05) is 30.3 Å². The molecule has 0 amide bonds. The summed E-state index contributed by atoms with van der Waals surface area (Å²) in [5.74, 6) is -0.0500. The lowest BCUT2D eigenvalue weighted by Gasteiger charge is -2.06. The molecule has 1 aromatic heterocycles. The summed E-state index contributed by atoms with van der Waals surface area (Å²) in [4.78, 5) is 15.1. The molecule has 0 aliphatic carbocycles. The number of aliphatic carboxylic acids is 1. The summed E-state index contributed by atoms with van der Waals surface area (Å²) < 4.78 is 5.76. The van der Waals surface area contributed by atoms with Gasteiger partial charge in [0.1, 0.15) is 10.8 Å². The van der Waals surface area contributed by atoms with Gasteiger partial charge in [0.25, 0.3) is 0 Å². The molecule has 0 fully saturated rings. The number of carboxylic acid groups (broad SMARTS) is 1. The smallest absolute Gasteiger partial charge is 0.309 e. The van der Waals surface area contributed by atoms with Crippen LogP contribution in [-0.2, 0) is 17.6 Å². The Morgan fingerprint density at radius 1 is 1.08 bits per heavy atom. The lowest BCUT2D eigenvalue weighted by Crippen LogP contribution is -2.01. The molecule has 0 saturated carbocycles. The molecule has 0 unspecified atom stereocenters. The summed E-state index contributed by atoms with van der Waals surface area (Å²) in [5.41, 5.74) is 2.81. The van der Waals surface area contributed by atoms with Crippen molar-refractivity contribution in [1.82, 2.24) is 4.98 Å². The Morgan fingerprint density at radius 2 is 1.83 bits per heavy atom. The fraction of sp³-hybridized carbons (Fsp3) is 0.158. The lowest BCUT2D eigenvalue weighted by molar-refractivity contribution is -0.136. The van der Waals surface area contributed by atoms with Gasteiger partial charge in [-0.25, -0.2) is 4.98 Å². The molecule has 5 heteroatoms. The van der Waals surface area contributed by atoms with Gasteiger partial charge in [0.05, 0.1) is 18.7 Å². The first-order chi connectivity index (χ1) is 11.7. The third-order valence-corrected chi connectivity index (χ3v) is 4.43. The number of nitrogens with zero attached hydrogens (tertiary/aromatic N) is 1. The van der Waals surface area contributed by atoms with E-state index in [2.05, 4.69) is 17.1 Å². The molecule has 24 heavy (non-hydrogen) atoms. The Bertz CT molecular complexity index is 797. The van der Waals surface area contributed by atoms with Crippen LogP contribution in [0.5, 0.6) is 5.75 Å². The number of rotatable bonds is 7. The molecule has 3 aromatic rings. The van der Waals surface area contributed by atoms with E-state index in [0.717, 1.165) is 22.7 Å². The molecule has 0 bridgehead atoms. The second kappa shape index (κ2) is 7.75. The minimum atomic E-state index is -0.867. The van der Waals surface area contributed by atoms with Crippen LogP contribution in [0, 0.1) is 0 Å². The third kappa shape index (κ3) is 4.43. The molecule has 0 aliphatic rings. The SMILES string of the molecule is O=C(O)Cc1csc(-c2ccc(OCCc3ccccc3)cc2)n1. The average Bonchev–Trinajstić information content (AvgIpc) is 3.04. The van der Waals surface area contributed by atoms with Gasteiger partial charge < -0.3 is 9.84 Å². The van der Waals surface area contributed by atoms with Crippen molar-refractivity contribution in [2.45, 2.75) is 12.8 Å². The Balaban J connectivity index is 1.57. The van der Waals surface area contributed by atoms with Crippen LogP contribution in [0.25, 0.3) is 10.6 Å². The molecule has 1 N–H and O–H groups in total. The number of benzene rings is 2. The van der Waals surface area contributed by atoms with Crippen molar-refractivity contribution in [2.75, 3.05) is 6.61 Å². The Labute approximate surface area is 144 Å². The molecule has 1 heterocycles. The largest absolute Gasteiger partial charge is 0.493 e. The van der Waals surface area contributed by atoms with Gasteiger partial charge >= 0.3 is 5.97 Å². The number of hydrogen-bond acceptors (Lipinski definition) is 4. The van der Waals surface area contributed by atoms with Crippen molar-refractivity contribution >= 4 is 17.3 Å². The quantitative estimate of drug-likeness (QED) is 0.705. The molecule has 0 radical (unpaired) electrons. The van der Waals surface area contributed by atoms with Gasteiger partial charge in [-0.3, -0.25) is 4.79 Å². The molecule has 0 aliphatic heterocycles. The van der Waals surface area contributed by atoms with E-state index in [4.69, 9.17) is 9.84 Å². The highest BCUT2D eigenvalue weighted by atomic mass is 32.1. The first-order valence-electron chi connectivity index (χ1n) is 7.64. The zero-order valence-corrected chi connectivity index (χ0v) is 13.8. The van der Waals surface area contributed by atoms with Crippen molar-refractivity contribution in [3.8, 4) is 16.3 Å². The molecule has 0 saturated heterocycles. The zero-order valence-electron chi connectivity index (χ0n) is 13.0. The predicted octanol–water partition coefficient (Wildman–Crippen LogP) is 4.06. The highest BCUT2D eigenvalue weighted by Crippen LogP contribution is 2.26. The fourth-order valence-corrected chi connectivity index (χ4v) is 3.13. The Hall–Kier alpha value is -2.66. The second-order valence-electron chi connectivity index (χ2n) is 5.32. The van der Waals surface area contributed by atoms with Gasteiger partial charge in [0.2, 0.25) is 0 Å². The average molecular weight is 339 g/mol. The standard InChI is InChI=1S/C19H17NO3S/c21-18(22)12-16-13-24-19(20-16)15-6-8-17(9-7-15)23-11-10-14-4-2-1-3-5-14/h1-9,13H,10-12H2,(H,21,22). The molecule has 2 aromatic carbocycles. The summed E-state index contributed by atoms with van der Waals surface area (Å²) >= 11 is 1.45. The summed E-state index contributed by atoms with van der Waals surface area (Å²) in [7, 11) is 0. The van der Waals surface area contributed by atoms with E-state index in [-0.39, 0.29) is 6.42 Å². The van der Waals surface area contributed by atoms with Gasteiger partial charge in [-0.15, -0.1) is 11.3 Å². The number of carbonyl (C=O) groups is 1. The number of hydrogen-bond donors (Lipinski definition) is 1. The summed E-state index contributed by atoms with van der Waals surface area (Å²) in [6, 6.07) is 17.9. The first-order valence-corrected chi connectivity index (χ1v) is 8.52. The van der Waals surface area contributed by atoms with E-state index in [1.54, 1.807) is 5.38 Å². The van der Waals surface area contributed by atoms with Crippen LogP contribution in [0.4, 0.5) is 0 Å². The molecular weight excluding hydrogens is 322 g/mol. The molecule has 3 rings (SSSR count). The molecule has 0 atom stereocenters. The Kier molecular flexibility index (Phi) is 5.23. The van der Waals surface area contributed by atoms with E-state index >= 15 is 0 Å². The van der Waals surface area contributed by atoms with Crippen molar-refractivity contribution in [1.29, 1.82) is 0 Å².